The highest BCUT2D eigenvalue weighted by molar-refractivity contribution is 5.27. The molecule has 2 nitrogen and oxygen atoms in total. The fraction of sp³-hybridized carbons (Fsp3) is 0.500. The van der Waals surface area contributed by atoms with E-state index in [1.54, 1.807) is 0 Å². The van der Waals surface area contributed by atoms with Crippen molar-refractivity contribution in [2.45, 2.75) is 26.9 Å². The van der Waals surface area contributed by atoms with E-state index in [1.807, 2.05) is 13.8 Å². The number of nitrogens with two attached hydrogens (primary N) is 1. The van der Waals surface area contributed by atoms with Crippen LogP contribution in [0.25, 0.3) is 0 Å². The Bertz CT molecular complexity index is 211. The molecule has 0 aromatic heterocycles. The summed E-state index contributed by atoms with van der Waals surface area (Å²) in [5.74, 6) is 0. The first-order valence-electron chi connectivity index (χ1n) is 5.19. The van der Waals surface area contributed by atoms with Gasteiger partial charge in [0.25, 0.3) is 0 Å². The molecule has 1 aromatic carbocycles. The van der Waals surface area contributed by atoms with Crippen molar-refractivity contribution in [3.63, 3.8) is 0 Å². The molecule has 0 aliphatic carbocycles. The molecule has 0 saturated carbocycles. The van der Waals surface area contributed by atoms with Crippen LogP contribution in [0.5, 0.6) is 0 Å². The fourth-order valence-electron chi connectivity index (χ4n) is 1.31. The third-order valence-electron chi connectivity index (χ3n) is 1.89. The quantitative estimate of drug-likeness (QED) is 0.689. The first-order valence-corrected chi connectivity index (χ1v) is 5.19. The Hall–Kier alpha value is -0.860. The minimum atomic E-state index is 0.802. The highest BCUT2D eigenvalue weighted by Gasteiger charge is 2.06. The van der Waals surface area contributed by atoms with E-state index >= 15 is 0 Å². The summed E-state index contributed by atoms with van der Waals surface area (Å²) in [5.41, 5.74) is 7.31. The maximum absolute atomic E-state index is 5.30. The fourth-order valence-corrected chi connectivity index (χ4v) is 1.31. The van der Waals surface area contributed by atoms with Gasteiger partial charge in [-0.15, -0.1) is 0 Å². The average Bonchev–Trinajstić information content (AvgIpc) is 2.34. The molecule has 80 valence electrons. The summed E-state index contributed by atoms with van der Waals surface area (Å²) in [5, 5.41) is 0. The molecule has 0 amide bonds. The predicted molar refractivity (Wildman–Crippen MR) is 61.3 cm³/mol. The van der Waals surface area contributed by atoms with Crippen LogP contribution in [0.2, 0.25) is 0 Å². The number of hydrogen-bond donors (Lipinski definition) is 1. The van der Waals surface area contributed by atoms with Crippen LogP contribution in [-0.4, -0.2) is 13.7 Å². The van der Waals surface area contributed by atoms with Gasteiger partial charge < -0.3 is 10.5 Å². The van der Waals surface area contributed by atoms with Crippen LogP contribution in [0.15, 0.2) is 24.3 Å². The molecule has 2 N–H and O–H groups in total. The van der Waals surface area contributed by atoms with Crippen molar-refractivity contribution in [2.75, 3.05) is 13.7 Å². The number of ether oxygens (including phenoxy) is 1. The van der Waals surface area contributed by atoms with Gasteiger partial charge in [-0.1, -0.05) is 38.1 Å². The van der Waals surface area contributed by atoms with Gasteiger partial charge in [-0.25, -0.2) is 0 Å². The molecular formula is C12H21NO. The lowest BCUT2D eigenvalue weighted by Gasteiger charge is -2.14. The van der Waals surface area contributed by atoms with Crippen LogP contribution in [0.4, 0.5) is 0 Å². The summed E-state index contributed by atoms with van der Waals surface area (Å²) >= 11 is 0. The molecule has 0 fully saturated rings. The lowest BCUT2D eigenvalue weighted by atomic mass is 10.0. The lowest BCUT2D eigenvalue weighted by molar-refractivity contribution is 0.111. The molecule has 0 bridgehead atoms. The third-order valence-corrected chi connectivity index (χ3v) is 1.89. The highest BCUT2D eigenvalue weighted by Crippen LogP contribution is 2.14. The summed E-state index contributed by atoms with van der Waals surface area (Å²) in [6.07, 6.45) is 1.08. The summed E-state index contributed by atoms with van der Waals surface area (Å²) in [6.45, 7) is 5.69. The first-order chi connectivity index (χ1) is 6.97. The number of benzene rings is 1. The van der Waals surface area contributed by atoms with Crippen LogP contribution in [0, 0.1) is 0 Å². The van der Waals surface area contributed by atoms with E-state index in [4.69, 9.17) is 4.74 Å². The second kappa shape index (κ2) is 8.73. The van der Waals surface area contributed by atoms with E-state index in [0.717, 1.165) is 19.6 Å². The average molecular weight is 195 g/mol. The molecule has 0 saturated heterocycles. The van der Waals surface area contributed by atoms with Crippen LogP contribution >= 0.6 is 0 Å². The predicted octanol–water partition coefficient (Wildman–Crippen LogP) is 2.36. The monoisotopic (exact) mass is 195 g/mol. The Morgan fingerprint density at radius 3 is 2.21 bits per heavy atom. The summed E-state index contributed by atoms with van der Waals surface area (Å²) < 4.78 is 5.30. The summed E-state index contributed by atoms with van der Waals surface area (Å²) in [4.78, 5) is 0. The number of rotatable bonds is 0. The zero-order valence-electron chi connectivity index (χ0n) is 9.42. The van der Waals surface area contributed by atoms with Gasteiger partial charge in [0.05, 0.1) is 13.2 Å². The summed E-state index contributed by atoms with van der Waals surface area (Å²) in [6, 6.07) is 8.46. The Labute approximate surface area is 87.1 Å². The molecule has 0 atom stereocenters. The maximum Gasteiger partial charge on any atom is 0.0719 e. The normalized spacial score (nSPS) is 12.6. The van der Waals surface area contributed by atoms with E-state index in [0.29, 0.717) is 0 Å². The van der Waals surface area contributed by atoms with Gasteiger partial charge in [0.15, 0.2) is 0 Å². The Morgan fingerprint density at radius 1 is 1.07 bits per heavy atom. The molecule has 1 heterocycles. The molecular weight excluding hydrogens is 174 g/mol. The second-order valence-electron chi connectivity index (χ2n) is 2.57. The minimum Gasteiger partial charge on any atom is -0.376 e. The molecule has 1 aromatic rings. The molecule has 2 heteroatoms. The SMILES string of the molecule is CC.CN.c1ccc2c(c1)CCOC2. The smallest absolute Gasteiger partial charge is 0.0719 e. The van der Waals surface area contributed by atoms with Gasteiger partial charge in [0.2, 0.25) is 0 Å². The van der Waals surface area contributed by atoms with Gasteiger partial charge in [-0.2, -0.15) is 0 Å². The number of hydrogen-bond acceptors (Lipinski definition) is 2. The molecule has 1 aliphatic heterocycles. The van der Waals surface area contributed by atoms with Crippen LogP contribution in [0.3, 0.4) is 0 Å². The van der Waals surface area contributed by atoms with Crippen molar-refractivity contribution in [3.05, 3.63) is 35.4 Å². The first kappa shape index (κ1) is 13.1. The van der Waals surface area contributed by atoms with Crippen molar-refractivity contribution in [1.29, 1.82) is 0 Å². The Balaban J connectivity index is 0.000000379. The van der Waals surface area contributed by atoms with Gasteiger partial charge >= 0.3 is 0 Å². The van der Waals surface area contributed by atoms with E-state index < -0.39 is 0 Å². The largest absolute Gasteiger partial charge is 0.376 e. The maximum atomic E-state index is 5.30. The van der Waals surface area contributed by atoms with Crippen molar-refractivity contribution < 1.29 is 4.74 Å². The van der Waals surface area contributed by atoms with E-state index in [-0.39, 0.29) is 0 Å². The van der Waals surface area contributed by atoms with Crippen molar-refractivity contribution in [1.82, 2.24) is 0 Å². The molecule has 0 spiro atoms. The molecule has 0 unspecified atom stereocenters. The van der Waals surface area contributed by atoms with Gasteiger partial charge in [0, 0.05) is 0 Å². The van der Waals surface area contributed by atoms with Crippen molar-refractivity contribution >= 4 is 0 Å². The third kappa shape index (κ3) is 3.90. The van der Waals surface area contributed by atoms with Gasteiger partial charge in [-0.05, 0) is 24.6 Å². The standard InChI is InChI=1S/C9H10O.C2H6.CH5N/c1-2-4-9-7-10-6-5-8(9)3-1;2*1-2/h1-4H,5-7H2;1-2H3;2H2,1H3. The Morgan fingerprint density at radius 2 is 1.64 bits per heavy atom. The summed E-state index contributed by atoms with van der Waals surface area (Å²) in [7, 11) is 1.50. The topological polar surface area (TPSA) is 35.2 Å². The molecule has 1 aliphatic rings. The van der Waals surface area contributed by atoms with Crippen LogP contribution in [0.1, 0.15) is 25.0 Å². The van der Waals surface area contributed by atoms with Gasteiger partial charge in [0.1, 0.15) is 0 Å². The second-order valence-corrected chi connectivity index (χ2v) is 2.57. The minimum absolute atomic E-state index is 0.802. The van der Waals surface area contributed by atoms with Gasteiger partial charge in [-0.3, -0.25) is 0 Å². The molecule has 2 rings (SSSR count). The number of fused-ring (bicyclic) bond motifs is 1. The van der Waals surface area contributed by atoms with Crippen molar-refractivity contribution in [2.24, 2.45) is 5.73 Å². The Kier molecular flexibility index (Phi) is 8.19. The highest BCUT2D eigenvalue weighted by atomic mass is 16.5. The van der Waals surface area contributed by atoms with Crippen LogP contribution in [-0.2, 0) is 17.8 Å². The van der Waals surface area contributed by atoms with E-state index in [1.165, 1.54) is 18.2 Å². The van der Waals surface area contributed by atoms with Crippen molar-refractivity contribution in [3.8, 4) is 0 Å². The van der Waals surface area contributed by atoms with E-state index in [9.17, 15) is 0 Å². The lowest BCUT2D eigenvalue weighted by Crippen LogP contribution is -2.08. The molecule has 14 heavy (non-hydrogen) atoms. The molecule has 0 radical (unpaired) electrons. The zero-order chi connectivity index (χ0) is 10.8. The van der Waals surface area contributed by atoms with E-state index in [2.05, 4.69) is 30.0 Å². The zero-order valence-corrected chi connectivity index (χ0v) is 9.42. The van der Waals surface area contributed by atoms with Crippen LogP contribution < -0.4 is 5.73 Å².